The van der Waals surface area contributed by atoms with Gasteiger partial charge in [0.25, 0.3) is 0 Å². The third kappa shape index (κ3) is 5.47. The van der Waals surface area contributed by atoms with Crippen LogP contribution >= 0.6 is 0 Å². The molecule has 0 spiro atoms. The maximum atomic E-state index is 13.3. The van der Waals surface area contributed by atoms with Gasteiger partial charge in [-0.15, -0.1) is 0 Å². The average Bonchev–Trinajstić information content (AvgIpc) is 2.88. The standard InChI is InChI=1S/C24H32N4O4S/c1-32-21-9-7-19(8-10-21)18-26-24(29)20-11-16-27(17-12-20)23-22(6-5-13-25-23)33(30,31)28-14-3-2-4-15-28/h5-10,13,20H,2-4,11-12,14-18H2,1H3,(H,26,29). The number of amides is 1. The molecule has 2 aliphatic rings. The van der Waals surface area contributed by atoms with Crippen molar-refractivity contribution in [3.8, 4) is 5.75 Å². The number of carbonyl (C=O) groups is 1. The molecule has 0 unspecified atom stereocenters. The predicted molar refractivity (Wildman–Crippen MR) is 127 cm³/mol. The monoisotopic (exact) mass is 472 g/mol. The fourth-order valence-corrected chi connectivity index (χ4v) is 6.18. The zero-order valence-corrected chi connectivity index (χ0v) is 19.9. The molecule has 178 valence electrons. The highest BCUT2D eigenvalue weighted by Crippen LogP contribution is 2.30. The number of ether oxygens (including phenoxy) is 1. The number of benzene rings is 1. The minimum absolute atomic E-state index is 0.0349. The molecule has 0 bridgehead atoms. The summed E-state index contributed by atoms with van der Waals surface area (Å²) in [6, 6.07) is 11.0. The van der Waals surface area contributed by atoms with Crippen molar-refractivity contribution in [3.05, 3.63) is 48.2 Å². The molecule has 9 heteroatoms. The molecular formula is C24H32N4O4S. The predicted octanol–water partition coefficient (Wildman–Crippen LogP) is 2.80. The number of anilines is 1. The number of hydrogen-bond acceptors (Lipinski definition) is 6. The van der Waals surface area contributed by atoms with Crippen LogP contribution in [0.4, 0.5) is 5.82 Å². The van der Waals surface area contributed by atoms with Crippen molar-refractivity contribution in [1.29, 1.82) is 0 Å². The molecule has 4 rings (SSSR count). The number of pyridine rings is 1. The molecule has 8 nitrogen and oxygen atoms in total. The first-order valence-corrected chi connectivity index (χ1v) is 13.0. The number of piperidine rings is 2. The SMILES string of the molecule is COc1ccc(CNC(=O)C2CCN(c3ncccc3S(=O)(=O)N3CCCCC3)CC2)cc1. The fourth-order valence-electron chi connectivity index (χ4n) is 4.50. The van der Waals surface area contributed by atoms with E-state index < -0.39 is 10.0 Å². The van der Waals surface area contributed by atoms with Crippen LogP contribution in [-0.2, 0) is 21.4 Å². The number of sulfonamides is 1. The molecule has 1 amide bonds. The number of hydrogen-bond donors (Lipinski definition) is 1. The average molecular weight is 473 g/mol. The lowest BCUT2D eigenvalue weighted by Gasteiger charge is -2.34. The van der Waals surface area contributed by atoms with Gasteiger partial charge in [0.2, 0.25) is 15.9 Å². The number of methoxy groups -OCH3 is 1. The Labute approximate surface area is 196 Å². The van der Waals surface area contributed by atoms with Gasteiger partial charge in [-0.1, -0.05) is 18.6 Å². The van der Waals surface area contributed by atoms with E-state index in [0.29, 0.717) is 51.4 Å². The normalized spacial score (nSPS) is 18.2. The van der Waals surface area contributed by atoms with Crippen molar-refractivity contribution in [1.82, 2.24) is 14.6 Å². The second-order valence-corrected chi connectivity index (χ2v) is 10.5. The maximum Gasteiger partial charge on any atom is 0.246 e. The highest BCUT2D eigenvalue weighted by atomic mass is 32.2. The van der Waals surface area contributed by atoms with E-state index in [-0.39, 0.29) is 16.7 Å². The maximum absolute atomic E-state index is 13.3. The van der Waals surface area contributed by atoms with Crippen molar-refractivity contribution in [2.24, 2.45) is 5.92 Å². The number of rotatable bonds is 7. The van der Waals surface area contributed by atoms with E-state index in [9.17, 15) is 13.2 Å². The van der Waals surface area contributed by atoms with Gasteiger partial charge in [0.1, 0.15) is 16.5 Å². The largest absolute Gasteiger partial charge is 0.497 e. The zero-order chi connectivity index (χ0) is 23.3. The van der Waals surface area contributed by atoms with Gasteiger partial charge in [0.05, 0.1) is 7.11 Å². The van der Waals surface area contributed by atoms with E-state index in [1.165, 1.54) is 0 Å². The fraction of sp³-hybridized carbons (Fsp3) is 0.500. The summed E-state index contributed by atoms with van der Waals surface area (Å²) in [6.07, 6.45) is 5.82. The summed E-state index contributed by atoms with van der Waals surface area (Å²) in [5.74, 6) is 1.23. The van der Waals surface area contributed by atoms with Crippen molar-refractivity contribution in [2.45, 2.75) is 43.5 Å². The quantitative estimate of drug-likeness (QED) is 0.666. The van der Waals surface area contributed by atoms with E-state index in [4.69, 9.17) is 4.74 Å². The van der Waals surface area contributed by atoms with Crippen molar-refractivity contribution >= 4 is 21.7 Å². The minimum Gasteiger partial charge on any atom is -0.497 e. The van der Waals surface area contributed by atoms with Crippen LogP contribution in [-0.4, -0.2) is 56.9 Å². The molecule has 0 radical (unpaired) electrons. The lowest BCUT2D eigenvalue weighted by Crippen LogP contribution is -2.42. The number of nitrogens with one attached hydrogen (secondary N) is 1. The zero-order valence-electron chi connectivity index (χ0n) is 19.1. The number of aromatic nitrogens is 1. The van der Waals surface area contributed by atoms with Crippen molar-refractivity contribution in [2.75, 3.05) is 38.2 Å². The van der Waals surface area contributed by atoms with Crippen LogP contribution in [0.3, 0.4) is 0 Å². The van der Waals surface area contributed by atoms with Crippen LogP contribution in [0.2, 0.25) is 0 Å². The van der Waals surface area contributed by atoms with Gasteiger partial charge in [-0.3, -0.25) is 4.79 Å². The Balaban J connectivity index is 1.36. The molecule has 1 N–H and O–H groups in total. The Morgan fingerprint density at radius 3 is 2.42 bits per heavy atom. The Bertz CT molecular complexity index is 1040. The van der Waals surface area contributed by atoms with Gasteiger partial charge in [-0.05, 0) is 55.5 Å². The summed E-state index contributed by atoms with van der Waals surface area (Å²) in [5.41, 5.74) is 1.02. The Morgan fingerprint density at radius 1 is 1.06 bits per heavy atom. The van der Waals surface area contributed by atoms with Gasteiger partial charge >= 0.3 is 0 Å². The van der Waals surface area contributed by atoms with Crippen LogP contribution in [0.15, 0.2) is 47.5 Å². The van der Waals surface area contributed by atoms with Gasteiger partial charge in [-0.2, -0.15) is 4.31 Å². The summed E-state index contributed by atoms with van der Waals surface area (Å²) in [6.45, 7) is 2.79. The van der Waals surface area contributed by atoms with Gasteiger partial charge in [0, 0.05) is 44.8 Å². The van der Waals surface area contributed by atoms with E-state index in [1.807, 2.05) is 29.2 Å². The smallest absolute Gasteiger partial charge is 0.246 e. The lowest BCUT2D eigenvalue weighted by atomic mass is 9.96. The molecule has 0 atom stereocenters. The molecule has 2 fully saturated rings. The second-order valence-electron chi connectivity index (χ2n) is 8.62. The highest BCUT2D eigenvalue weighted by molar-refractivity contribution is 7.89. The Hall–Kier alpha value is -2.65. The molecule has 3 heterocycles. The molecule has 2 aliphatic heterocycles. The molecule has 1 aromatic heterocycles. The molecule has 1 aromatic carbocycles. The first-order chi connectivity index (χ1) is 16.0. The van der Waals surface area contributed by atoms with Crippen molar-refractivity contribution < 1.29 is 17.9 Å². The molecular weight excluding hydrogens is 440 g/mol. The summed E-state index contributed by atoms with van der Waals surface area (Å²) in [4.78, 5) is 19.4. The Morgan fingerprint density at radius 2 is 1.76 bits per heavy atom. The van der Waals surface area contributed by atoms with Crippen LogP contribution in [0, 0.1) is 5.92 Å². The Kier molecular flexibility index (Phi) is 7.49. The van der Waals surface area contributed by atoms with Crippen LogP contribution in [0.1, 0.15) is 37.7 Å². The topological polar surface area (TPSA) is 91.8 Å². The van der Waals surface area contributed by atoms with Crippen molar-refractivity contribution in [3.63, 3.8) is 0 Å². The highest BCUT2D eigenvalue weighted by Gasteiger charge is 2.32. The molecule has 2 saturated heterocycles. The van der Waals surface area contributed by atoms with Gasteiger partial charge < -0.3 is 15.0 Å². The molecule has 0 aliphatic carbocycles. The van der Waals surface area contributed by atoms with E-state index in [2.05, 4.69) is 10.3 Å². The second kappa shape index (κ2) is 10.5. The van der Waals surface area contributed by atoms with Crippen LogP contribution in [0.25, 0.3) is 0 Å². The molecule has 2 aromatic rings. The van der Waals surface area contributed by atoms with Gasteiger partial charge in [-0.25, -0.2) is 13.4 Å². The molecule has 33 heavy (non-hydrogen) atoms. The lowest BCUT2D eigenvalue weighted by molar-refractivity contribution is -0.125. The number of carbonyl (C=O) groups excluding carboxylic acids is 1. The van der Waals surface area contributed by atoms with Gasteiger partial charge in [0.15, 0.2) is 0 Å². The third-order valence-corrected chi connectivity index (χ3v) is 8.39. The number of nitrogens with zero attached hydrogens (tertiary/aromatic N) is 3. The molecule has 0 saturated carbocycles. The summed E-state index contributed by atoms with van der Waals surface area (Å²) in [5, 5.41) is 3.02. The third-order valence-electron chi connectivity index (χ3n) is 6.47. The van der Waals surface area contributed by atoms with E-state index in [1.54, 1.807) is 29.7 Å². The van der Waals surface area contributed by atoms with E-state index in [0.717, 1.165) is 30.6 Å². The van der Waals surface area contributed by atoms with Crippen LogP contribution in [0.5, 0.6) is 5.75 Å². The first-order valence-electron chi connectivity index (χ1n) is 11.6. The minimum atomic E-state index is -3.58. The van der Waals surface area contributed by atoms with E-state index >= 15 is 0 Å². The first kappa shape index (κ1) is 23.5. The summed E-state index contributed by atoms with van der Waals surface area (Å²) >= 11 is 0. The summed E-state index contributed by atoms with van der Waals surface area (Å²) < 4.78 is 33.3. The van der Waals surface area contributed by atoms with Crippen LogP contribution < -0.4 is 15.0 Å². The summed E-state index contributed by atoms with van der Waals surface area (Å²) in [7, 11) is -1.95.